The van der Waals surface area contributed by atoms with Crippen molar-refractivity contribution >= 4 is 17.4 Å². The zero-order valence-electron chi connectivity index (χ0n) is 13.1. The van der Waals surface area contributed by atoms with Crippen molar-refractivity contribution in [2.75, 3.05) is 31.1 Å². The number of piperidine rings is 1. The molecule has 1 aromatic rings. The largest absolute Gasteiger partial charge is 0.377 e. The van der Waals surface area contributed by atoms with Crippen LogP contribution in [-0.4, -0.2) is 37.3 Å². The highest BCUT2D eigenvalue weighted by Gasteiger charge is 2.22. The van der Waals surface area contributed by atoms with Gasteiger partial charge in [0.1, 0.15) is 5.82 Å². The lowest BCUT2D eigenvalue weighted by Gasteiger charge is -2.33. The van der Waals surface area contributed by atoms with E-state index < -0.39 is 0 Å². The van der Waals surface area contributed by atoms with Crippen LogP contribution in [0, 0.1) is 0 Å². The predicted octanol–water partition coefficient (Wildman–Crippen LogP) is 3.24. The van der Waals surface area contributed by atoms with Crippen molar-refractivity contribution in [2.45, 2.75) is 45.8 Å². The summed E-state index contributed by atoms with van der Waals surface area (Å²) in [6.07, 6.45) is 5.61. The molecule has 5 heteroatoms. The summed E-state index contributed by atoms with van der Waals surface area (Å²) < 4.78 is 5.74. The summed E-state index contributed by atoms with van der Waals surface area (Å²) in [5.74, 6) is 0.889. The van der Waals surface area contributed by atoms with Crippen molar-refractivity contribution in [3.8, 4) is 0 Å². The van der Waals surface area contributed by atoms with E-state index in [-0.39, 0.29) is 0 Å². The summed E-state index contributed by atoms with van der Waals surface area (Å²) in [6.45, 7) is 8.69. The lowest BCUT2D eigenvalue weighted by molar-refractivity contribution is 0.0525. The maximum atomic E-state index is 6.43. The molecule has 1 N–H and O–H groups in total. The fourth-order valence-corrected chi connectivity index (χ4v) is 3.02. The summed E-state index contributed by atoms with van der Waals surface area (Å²) in [5.41, 5.74) is 1.13. The fraction of sp³-hybridized carbons (Fsp3) is 0.688. The number of anilines is 1. The molecule has 4 nitrogen and oxygen atoms in total. The third-order valence-corrected chi connectivity index (χ3v) is 3.99. The molecule has 0 aromatic carbocycles. The number of nitrogens with zero attached hydrogens (tertiary/aromatic N) is 2. The Morgan fingerprint density at radius 1 is 1.48 bits per heavy atom. The van der Waals surface area contributed by atoms with Crippen molar-refractivity contribution in [3.05, 3.63) is 22.8 Å². The number of ether oxygens (including phenoxy) is 1. The van der Waals surface area contributed by atoms with Crippen LogP contribution >= 0.6 is 11.6 Å². The molecular formula is C16H26ClN3O. The third kappa shape index (κ3) is 4.83. The Morgan fingerprint density at radius 3 is 3.05 bits per heavy atom. The first-order valence-corrected chi connectivity index (χ1v) is 8.34. The molecule has 2 heterocycles. The van der Waals surface area contributed by atoms with Gasteiger partial charge in [-0.15, -0.1) is 0 Å². The summed E-state index contributed by atoms with van der Waals surface area (Å²) in [4.78, 5) is 6.82. The normalized spacial score (nSPS) is 19.0. The highest BCUT2D eigenvalue weighted by Crippen LogP contribution is 2.27. The van der Waals surface area contributed by atoms with Gasteiger partial charge in [0.25, 0.3) is 0 Å². The highest BCUT2D eigenvalue weighted by molar-refractivity contribution is 6.33. The molecule has 1 aliphatic heterocycles. The van der Waals surface area contributed by atoms with Crippen molar-refractivity contribution in [3.63, 3.8) is 0 Å². The molecular weight excluding hydrogens is 286 g/mol. The second-order valence-electron chi connectivity index (χ2n) is 5.49. The molecule has 0 aliphatic carbocycles. The van der Waals surface area contributed by atoms with E-state index in [9.17, 15) is 0 Å². The van der Waals surface area contributed by atoms with Crippen LogP contribution in [0.4, 0.5) is 5.82 Å². The van der Waals surface area contributed by atoms with Crippen LogP contribution in [0.1, 0.15) is 38.7 Å². The van der Waals surface area contributed by atoms with Crippen LogP contribution < -0.4 is 10.2 Å². The maximum absolute atomic E-state index is 6.43. The molecule has 1 aromatic heterocycles. The number of hydrogen-bond donors (Lipinski definition) is 1. The summed E-state index contributed by atoms with van der Waals surface area (Å²) in [5, 5.41) is 4.11. The molecule has 0 radical (unpaired) electrons. The van der Waals surface area contributed by atoms with E-state index in [1.54, 1.807) is 0 Å². The van der Waals surface area contributed by atoms with Crippen molar-refractivity contribution in [1.82, 2.24) is 10.3 Å². The van der Waals surface area contributed by atoms with Crippen LogP contribution in [0.15, 0.2) is 12.3 Å². The molecule has 21 heavy (non-hydrogen) atoms. The van der Waals surface area contributed by atoms with Gasteiger partial charge in [-0.25, -0.2) is 4.98 Å². The molecule has 0 saturated carbocycles. The predicted molar refractivity (Wildman–Crippen MR) is 88.1 cm³/mol. The SMILES string of the molecule is CCCNCc1cnc(N2CCCC(OCC)C2)c(Cl)c1. The van der Waals surface area contributed by atoms with Gasteiger partial charge in [-0.1, -0.05) is 18.5 Å². The lowest BCUT2D eigenvalue weighted by atomic mass is 10.1. The van der Waals surface area contributed by atoms with Crippen LogP contribution in [0.2, 0.25) is 5.02 Å². The monoisotopic (exact) mass is 311 g/mol. The smallest absolute Gasteiger partial charge is 0.147 e. The molecule has 1 atom stereocenters. The Labute approximate surface area is 132 Å². The molecule has 0 spiro atoms. The van der Waals surface area contributed by atoms with Crippen LogP contribution in [-0.2, 0) is 11.3 Å². The molecule has 1 aliphatic rings. The number of aromatic nitrogens is 1. The molecule has 1 unspecified atom stereocenters. The summed E-state index contributed by atoms with van der Waals surface area (Å²) in [6, 6.07) is 2.02. The second kappa shape index (κ2) is 8.57. The quantitative estimate of drug-likeness (QED) is 0.784. The fourth-order valence-electron chi connectivity index (χ4n) is 2.71. The topological polar surface area (TPSA) is 37.4 Å². The minimum Gasteiger partial charge on any atom is -0.377 e. The average molecular weight is 312 g/mol. The standard InChI is InChI=1S/C16H26ClN3O/c1-3-7-18-10-13-9-15(17)16(19-11-13)20-8-5-6-14(12-20)21-4-2/h9,11,14,18H,3-8,10,12H2,1-2H3. The number of pyridine rings is 1. The van der Waals surface area contributed by atoms with Gasteiger partial charge in [-0.3, -0.25) is 0 Å². The Hall–Kier alpha value is -0.840. The summed E-state index contributed by atoms with van der Waals surface area (Å²) in [7, 11) is 0. The molecule has 118 valence electrons. The second-order valence-corrected chi connectivity index (χ2v) is 5.90. The number of hydrogen-bond acceptors (Lipinski definition) is 4. The van der Waals surface area contributed by atoms with Gasteiger partial charge >= 0.3 is 0 Å². The molecule has 2 rings (SSSR count). The first-order chi connectivity index (χ1) is 10.2. The van der Waals surface area contributed by atoms with Crippen LogP contribution in [0.25, 0.3) is 0 Å². The van der Waals surface area contributed by atoms with E-state index in [0.717, 1.165) is 68.5 Å². The number of rotatable bonds is 7. The summed E-state index contributed by atoms with van der Waals surface area (Å²) >= 11 is 6.43. The van der Waals surface area contributed by atoms with Gasteiger partial charge in [0.2, 0.25) is 0 Å². The van der Waals surface area contributed by atoms with Crippen molar-refractivity contribution in [2.24, 2.45) is 0 Å². The van der Waals surface area contributed by atoms with Gasteiger partial charge in [0.05, 0.1) is 11.1 Å². The number of halogens is 1. The minimum absolute atomic E-state index is 0.299. The van der Waals surface area contributed by atoms with Crippen molar-refractivity contribution in [1.29, 1.82) is 0 Å². The third-order valence-electron chi connectivity index (χ3n) is 3.71. The van der Waals surface area contributed by atoms with Crippen LogP contribution in [0.3, 0.4) is 0 Å². The average Bonchev–Trinajstić information content (AvgIpc) is 2.48. The Bertz CT molecular complexity index is 440. The molecule has 0 amide bonds. The van der Waals surface area contributed by atoms with Gasteiger partial charge in [0, 0.05) is 32.4 Å². The first-order valence-electron chi connectivity index (χ1n) is 7.96. The van der Waals surface area contributed by atoms with Crippen LogP contribution in [0.5, 0.6) is 0 Å². The Kier molecular flexibility index (Phi) is 6.74. The zero-order valence-corrected chi connectivity index (χ0v) is 13.8. The van der Waals surface area contributed by atoms with E-state index >= 15 is 0 Å². The van der Waals surface area contributed by atoms with Gasteiger partial charge in [0.15, 0.2) is 0 Å². The van der Waals surface area contributed by atoms with E-state index in [1.807, 2.05) is 19.2 Å². The van der Waals surface area contributed by atoms with Gasteiger partial charge in [-0.05, 0) is 44.4 Å². The van der Waals surface area contributed by atoms with E-state index in [4.69, 9.17) is 16.3 Å². The molecule has 1 saturated heterocycles. The maximum Gasteiger partial charge on any atom is 0.147 e. The zero-order chi connectivity index (χ0) is 15.1. The van der Waals surface area contributed by atoms with Gasteiger partial charge in [-0.2, -0.15) is 0 Å². The Balaban J connectivity index is 1.99. The molecule has 1 fully saturated rings. The minimum atomic E-state index is 0.299. The lowest BCUT2D eigenvalue weighted by Crippen LogP contribution is -2.40. The van der Waals surface area contributed by atoms with Crippen molar-refractivity contribution < 1.29 is 4.74 Å². The van der Waals surface area contributed by atoms with E-state index in [1.165, 1.54) is 0 Å². The van der Waals surface area contributed by atoms with E-state index in [0.29, 0.717) is 6.10 Å². The Morgan fingerprint density at radius 2 is 2.33 bits per heavy atom. The highest BCUT2D eigenvalue weighted by atomic mass is 35.5. The first kappa shape index (κ1) is 16.5. The van der Waals surface area contributed by atoms with E-state index in [2.05, 4.69) is 22.1 Å². The number of nitrogens with one attached hydrogen (secondary N) is 1. The van der Waals surface area contributed by atoms with Gasteiger partial charge < -0.3 is 15.0 Å². The molecule has 0 bridgehead atoms.